The fourth-order valence-corrected chi connectivity index (χ4v) is 3.43. The predicted molar refractivity (Wildman–Crippen MR) is 87.8 cm³/mol. The van der Waals surface area contributed by atoms with E-state index in [1.54, 1.807) is 16.9 Å². The lowest BCUT2D eigenvalue weighted by Gasteiger charge is -2.36. The van der Waals surface area contributed by atoms with E-state index in [1.807, 2.05) is 4.90 Å². The third kappa shape index (κ3) is 3.06. The maximum atomic E-state index is 12.5. The third-order valence-electron chi connectivity index (χ3n) is 4.80. The summed E-state index contributed by atoms with van der Waals surface area (Å²) in [6, 6.07) is 0. The second kappa shape index (κ2) is 6.72. The highest BCUT2D eigenvalue weighted by molar-refractivity contribution is 5.77. The standard InChI is InChI=1S/C16H22N6O2/c23-16(9-13-3-1-2-8-24-13)21-6-4-20(5-7-21)15-11-17-10-14-18-12-19-22(14)15/h10-13H,1-9H2. The van der Waals surface area contributed by atoms with Gasteiger partial charge in [0.15, 0.2) is 11.5 Å². The molecule has 2 aliphatic rings. The van der Waals surface area contributed by atoms with Crippen molar-refractivity contribution in [1.29, 1.82) is 0 Å². The molecule has 8 heteroatoms. The molecule has 0 radical (unpaired) electrons. The van der Waals surface area contributed by atoms with Gasteiger partial charge in [0.2, 0.25) is 5.91 Å². The van der Waals surface area contributed by atoms with Crippen molar-refractivity contribution in [1.82, 2.24) is 24.5 Å². The summed E-state index contributed by atoms with van der Waals surface area (Å²) in [7, 11) is 0. The normalized spacial score (nSPS) is 22.1. The maximum Gasteiger partial charge on any atom is 0.225 e. The van der Waals surface area contributed by atoms with Crippen LogP contribution in [0.3, 0.4) is 0 Å². The van der Waals surface area contributed by atoms with Crippen LogP contribution in [0.1, 0.15) is 25.7 Å². The second-order valence-electron chi connectivity index (χ2n) is 6.36. The highest BCUT2D eigenvalue weighted by Gasteiger charge is 2.26. The van der Waals surface area contributed by atoms with Crippen molar-refractivity contribution in [2.45, 2.75) is 31.8 Å². The molecule has 0 bridgehead atoms. The summed E-state index contributed by atoms with van der Waals surface area (Å²) in [6.45, 7) is 3.78. The molecule has 8 nitrogen and oxygen atoms in total. The Kier molecular flexibility index (Phi) is 4.29. The molecule has 0 aromatic carbocycles. The number of nitrogens with zero attached hydrogens (tertiary/aromatic N) is 6. The zero-order chi connectivity index (χ0) is 16.4. The van der Waals surface area contributed by atoms with Gasteiger partial charge in [-0.2, -0.15) is 9.61 Å². The molecule has 4 rings (SSSR count). The molecule has 2 aromatic rings. The van der Waals surface area contributed by atoms with Gasteiger partial charge in [0.05, 0.1) is 24.9 Å². The van der Waals surface area contributed by atoms with Gasteiger partial charge in [0.1, 0.15) is 6.33 Å². The Balaban J connectivity index is 1.36. The first-order chi connectivity index (χ1) is 11.8. The maximum absolute atomic E-state index is 12.5. The van der Waals surface area contributed by atoms with E-state index >= 15 is 0 Å². The van der Waals surface area contributed by atoms with Crippen LogP contribution < -0.4 is 4.90 Å². The number of fused-ring (bicyclic) bond motifs is 1. The van der Waals surface area contributed by atoms with Gasteiger partial charge < -0.3 is 14.5 Å². The number of hydrogen-bond acceptors (Lipinski definition) is 6. The molecule has 2 aromatic heterocycles. The fourth-order valence-electron chi connectivity index (χ4n) is 3.43. The molecule has 1 unspecified atom stereocenters. The Hall–Kier alpha value is -2.22. The highest BCUT2D eigenvalue weighted by Crippen LogP contribution is 2.19. The largest absolute Gasteiger partial charge is 0.378 e. The molecular formula is C16H22N6O2. The summed E-state index contributed by atoms with van der Waals surface area (Å²) in [5, 5.41) is 4.25. The van der Waals surface area contributed by atoms with Crippen LogP contribution in [0.15, 0.2) is 18.7 Å². The topological polar surface area (TPSA) is 75.9 Å². The van der Waals surface area contributed by atoms with Gasteiger partial charge in [-0.1, -0.05) is 0 Å². The Labute approximate surface area is 140 Å². The van der Waals surface area contributed by atoms with Gasteiger partial charge >= 0.3 is 0 Å². The minimum absolute atomic E-state index is 0.109. The molecular weight excluding hydrogens is 308 g/mol. The van der Waals surface area contributed by atoms with E-state index in [4.69, 9.17) is 4.74 Å². The van der Waals surface area contributed by atoms with Crippen molar-refractivity contribution < 1.29 is 9.53 Å². The number of ether oxygens (including phenoxy) is 1. The summed E-state index contributed by atoms with van der Waals surface area (Å²) < 4.78 is 7.48. The molecule has 1 amide bonds. The van der Waals surface area contributed by atoms with Gasteiger partial charge in [-0.15, -0.1) is 0 Å². The molecule has 4 heterocycles. The molecule has 24 heavy (non-hydrogen) atoms. The molecule has 0 N–H and O–H groups in total. The summed E-state index contributed by atoms with van der Waals surface area (Å²) >= 11 is 0. The van der Waals surface area contributed by atoms with Crippen LogP contribution >= 0.6 is 0 Å². The predicted octanol–water partition coefficient (Wildman–Crippen LogP) is 0.732. The van der Waals surface area contributed by atoms with Crippen molar-refractivity contribution in [2.75, 3.05) is 37.7 Å². The zero-order valence-corrected chi connectivity index (χ0v) is 13.7. The van der Waals surface area contributed by atoms with E-state index in [1.165, 1.54) is 12.7 Å². The molecule has 0 spiro atoms. The molecule has 2 aliphatic heterocycles. The molecule has 0 aliphatic carbocycles. The lowest BCUT2D eigenvalue weighted by atomic mass is 10.1. The van der Waals surface area contributed by atoms with Crippen LogP contribution in [0, 0.1) is 0 Å². The molecule has 2 fully saturated rings. The average Bonchev–Trinajstić information content (AvgIpc) is 3.11. The Bertz CT molecular complexity index is 703. The number of piperazine rings is 1. The van der Waals surface area contributed by atoms with Gasteiger partial charge in [-0.25, -0.2) is 4.98 Å². The van der Waals surface area contributed by atoms with Gasteiger partial charge in [0, 0.05) is 32.8 Å². The van der Waals surface area contributed by atoms with E-state index in [-0.39, 0.29) is 12.0 Å². The lowest BCUT2D eigenvalue weighted by Crippen LogP contribution is -2.50. The summed E-state index contributed by atoms with van der Waals surface area (Å²) in [5.41, 5.74) is 0.737. The Morgan fingerprint density at radius 3 is 2.88 bits per heavy atom. The van der Waals surface area contributed by atoms with Crippen molar-refractivity contribution in [2.24, 2.45) is 0 Å². The van der Waals surface area contributed by atoms with Crippen LogP contribution in [0.5, 0.6) is 0 Å². The van der Waals surface area contributed by atoms with Crippen LogP contribution in [-0.4, -0.2) is 69.3 Å². The van der Waals surface area contributed by atoms with Crippen molar-refractivity contribution in [3.63, 3.8) is 0 Å². The number of carbonyl (C=O) groups excluding carboxylic acids is 1. The quantitative estimate of drug-likeness (QED) is 0.826. The second-order valence-corrected chi connectivity index (χ2v) is 6.36. The van der Waals surface area contributed by atoms with Crippen LogP contribution in [0.25, 0.3) is 5.65 Å². The van der Waals surface area contributed by atoms with Crippen LogP contribution in [0.2, 0.25) is 0 Å². The molecule has 0 saturated carbocycles. The summed E-state index contributed by atoms with van der Waals surface area (Å²) in [5.74, 6) is 1.13. The van der Waals surface area contributed by atoms with Crippen molar-refractivity contribution >= 4 is 17.4 Å². The van der Waals surface area contributed by atoms with E-state index < -0.39 is 0 Å². The average molecular weight is 330 g/mol. The van der Waals surface area contributed by atoms with Crippen LogP contribution in [-0.2, 0) is 9.53 Å². The minimum atomic E-state index is 0.109. The fraction of sp³-hybridized carbons (Fsp3) is 0.625. The van der Waals surface area contributed by atoms with Crippen molar-refractivity contribution in [3.8, 4) is 0 Å². The molecule has 2 saturated heterocycles. The summed E-state index contributed by atoms with van der Waals surface area (Å²) in [6.07, 6.45) is 8.94. The number of hydrogen-bond donors (Lipinski definition) is 0. The number of carbonyl (C=O) groups is 1. The van der Waals surface area contributed by atoms with E-state index in [0.717, 1.165) is 57.1 Å². The number of anilines is 1. The third-order valence-corrected chi connectivity index (χ3v) is 4.80. The van der Waals surface area contributed by atoms with Crippen LogP contribution in [0.4, 0.5) is 5.82 Å². The molecule has 1 atom stereocenters. The van der Waals surface area contributed by atoms with E-state index in [2.05, 4.69) is 20.0 Å². The van der Waals surface area contributed by atoms with E-state index in [9.17, 15) is 4.79 Å². The molecule has 128 valence electrons. The zero-order valence-electron chi connectivity index (χ0n) is 13.7. The number of amides is 1. The monoisotopic (exact) mass is 330 g/mol. The number of aromatic nitrogens is 4. The Morgan fingerprint density at radius 2 is 2.08 bits per heavy atom. The number of rotatable bonds is 3. The smallest absolute Gasteiger partial charge is 0.225 e. The summed E-state index contributed by atoms with van der Waals surface area (Å²) in [4.78, 5) is 25.0. The lowest BCUT2D eigenvalue weighted by molar-refractivity contribution is -0.135. The SMILES string of the molecule is O=C(CC1CCCCO1)N1CCN(c2cncc3ncnn23)CC1. The minimum Gasteiger partial charge on any atom is -0.378 e. The van der Waals surface area contributed by atoms with Crippen molar-refractivity contribution in [3.05, 3.63) is 18.7 Å². The van der Waals surface area contributed by atoms with Gasteiger partial charge in [-0.3, -0.25) is 9.78 Å². The Morgan fingerprint density at radius 1 is 1.21 bits per heavy atom. The first kappa shape index (κ1) is 15.3. The van der Waals surface area contributed by atoms with Gasteiger partial charge in [0.25, 0.3) is 0 Å². The highest BCUT2D eigenvalue weighted by atomic mass is 16.5. The first-order valence-corrected chi connectivity index (χ1v) is 8.59. The van der Waals surface area contributed by atoms with Gasteiger partial charge in [-0.05, 0) is 19.3 Å². The van der Waals surface area contributed by atoms with E-state index in [0.29, 0.717) is 6.42 Å². The first-order valence-electron chi connectivity index (χ1n) is 8.59.